The van der Waals surface area contributed by atoms with Crippen LogP contribution in [0.5, 0.6) is 0 Å². The second-order valence-corrected chi connectivity index (χ2v) is 16.4. The average Bonchev–Trinajstić information content (AvgIpc) is 3.21. The highest BCUT2D eigenvalue weighted by atomic mass is 16.8. The molecule has 4 heterocycles. The van der Waals surface area contributed by atoms with E-state index in [4.69, 9.17) is 23.7 Å². The second-order valence-electron chi connectivity index (χ2n) is 16.4. The third-order valence-corrected chi connectivity index (χ3v) is 12.9. The lowest BCUT2D eigenvalue weighted by molar-refractivity contribution is -0.421. The molecular formula is C37H49NO6. The van der Waals surface area contributed by atoms with Crippen LogP contribution in [-0.2, 0) is 41.9 Å². The molecule has 2 N–H and O–H groups in total. The van der Waals surface area contributed by atoms with Crippen LogP contribution in [0.4, 0.5) is 0 Å². The van der Waals surface area contributed by atoms with Crippen molar-refractivity contribution in [3.05, 3.63) is 58.5 Å². The van der Waals surface area contributed by atoms with Crippen LogP contribution < -0.4 is 0 Å². The quantitative estimate of drug-likeness (QED) is 0.298. The van der Waals surface area contributed by atoms with E-state index in [1.54, 1.807) is 0 Å². The number of aromatic nitrogens is 1. The summed E-state index contributed by atoms with van der Waals surface area (Å²) in [6.45, 7) is 19.2. The van der Waals surface area contributed by atoms with Gasteiger partial charge in [0.05, 0.1) is 11.7 Å². The smallest absolute Gasteiger partial charge is 0.201 e. The van der Waals surface area contributed by atoms with Crippen LogP contribution in [0.3, 0.4) is 0 Å². The molecule has 9 atom stereocenters. The minimum Gasteiger partial charge on any atom is -0.484 e. The number of aliphatic hydroxyl groups is 1. The number of ether oxygens (including phenoxy) is 5. The van der Waals surface area contributed by atoms with Gasteiger partial charge in [0, 0.05) is 33.8 Å². The molecule has 0 bridgehead atoms. The molecule has 3 unspecified atom stereocenters. The fourth-order valence-corrected chi connectivity index (χ4v) is 9.98. The maximum Gasteiger partial charge on any atom is 0.201 e. The Balaban J connectivity index is 1.21. The SMILES string of the molecule is CC(C)=CC1O[C@H]2OC3(C)C(=CC[C@]4(C)[C@@]5(C)c6[nH]c7cccc(CC8OC8(C)C)c7c6C[C@@H]5CC[C@@]34O)O[C@@H]2C(C)(C)O1. The van der Waals surface area contributed by atoms with Crippen LogP contribution in [0, 0.1) is 11.3 Å². The molecule has 7 heteroatoms. The summed E-state index contributed by atoms with van der Waals surface area (Å²) in [6.07, 6.45) is 6.91. The Morgan fingerprint density at radius 3 is 2.48 bits per heavy atom. The molecule has 4 fully saturated rings. The fraction of sp³-hybridized carbons (Fsp3) is 0.676. The summed E-state index contributed by atoms with van der Waals surface area (Å²) in [6, 6.07) is 6.64. The van der Waals surface area contributed by atoms with Crippen LogP contribution in [0.2, 0.25) is 0 Å². The molecule has 3 aliphatic heterocycles. The molecule has 238 valence electrons. The molecule has 1 aromatic heterocycles. The summed E-state index contributed by atoms with van der Waals surface area (Å²) < 4.78 is 32.4. The summed E-state index contributed by atoms with van der Waals surface area (Å²) >= 11 is 0. The van der Waals surface area contributed by atoms with Gasteiger partial charge in [-0.05, 0) is 109 Å². The number of fused-ring (bicyclic) bond motifs is 10. The zero-order chi connectivity index (χ0) is 31.2. The van der Waals surface area contributed by atoms with Gasteiger partial charge in [0.1, 0.15) is 17.0 Å². The molecule has 8 rings (SSSR count). The monoisotopic (exact) mass is 603 g/mol. The molecule has 2 aromatic rings. The van der Waals surface area contributed by atoms with E-state index in [0.29, 0.717) is 24.5 Å². The predicted octanol–water partition coefficient (Wildman–Crippen LogP) is 6.75. The molecule has 44 heavy (non-hydrogen) atoms. The van der Waals surface area contributed by atoms with Crippen molar-refractivity contribution in [3.63, 3.8) is 0 Å². The van der Waals surface area contributed by atoms with Crippen molar-refractivity contribution in [1.29, 1.82) is 0 Å². The summed E-state index contributed by atoms with van der Waals surface area (Å²) in [5.74, 6) is 1.11. The van der Waals surface area contributed by atoms with Crippen LogP contribution in [0.25, 0.3) is 10.9 Å². The van der Waals surface area contributed by atoms with Gasteiger partial charge in [-0.2, -0.15) is 0 Å². The van der Waals surface area contributed by atoms with Gasteiger partial charge in [0.25, 0.3) is 0 Å². The molecule has 0 amide bonds. The third kappa shape index (κ3) is 3.57. The number of hydrogen-bond donors (Lipinski definition) is 2. The van der Waals surface area contributed by atoms with E-state index in [-0.39, 0.29) is 17.1 Å². The van der Waals surface area contributed by atoms with E-state index < -0.39 is 40.9 Å². The van der Waals surface area contributed by atoms with Crippen molar-refractivity contribution in [2.24, 2.45) is 11.3 Å². The van der Waals surface area contributed by atoms with Crippen LogP contribution >= 0.6 is 0 Å². The normalized spacial score (nSPS) is 44.3. The molecule has 7 nitrogen and oxygen atoms in total. The Bertz CT molecular complexity index is 1610. The zero-order valence-electron chi connectivity index (χ0n) is 27.8. The number of allylic oxidation sites excluding steroid dienone is 2. The minimum absolute atomic E-state index is 0.0523. The van der Waals surface area contributed by atoms with E-state index in [2.05, 4.69) is 57.0 Å². The van der Waals surface area contributed by atoms with Gasteiger partial charge in [-0.15, -0.1) is 0 Å². The Morgan fingerprint density at radius 2 is 1.77 bits per heavy atom. The van der Waals surface area contributed by atoms with Crippen LogP contribution in [0.15, 0.2) is 41.7 Å². The van der Waals surface area contributed by atoms with Crippen molar-refractivity contribution < 1.29 is 28.8 Å². The maximum absolute atomic E-state index is 13.2. The highest BCUT2D eigenvalue weighted by Crippen LogP contribution is 2.70. The standard InChI is InChI=1S/C37H49NO6/c1-20(2)17-27-41-31-30(33(5,6)43-27)40-25-14-15-34(7)35(8)22(13-16-37(34,39)36(25,9)44-31)19-23-28-21(18-26-32(3,4)42-26)11-10-12-24(28)38-29(23)35/h10-12,14,17,22,26-27,30-31,38-39H,13,15-16,18-19H2,1-9H3/t22-,26?,27?,30-,31-,34+,35+,36?,37-/m0/s1. The number of aromatic amines is 1. The molecule has 0 radical (unpaired) electrons. The number of epoxide rings is 1. The molecular weight excluding hydrogens is 554 g/mol. The molecule has 0 spiro atoms. The maximum atomic E-state index is 13.2. The lowest BCUT2D eigenvalue weighted by Crippen LogP contribution is -2.77. The number of nitrogens with one attached hydrogen (secondary N) is 1. The van der Waals surface area contributed by atoms with Gasteiger partial charge in [0.15, 0.2) is 18.0 Å². The number of hydrogen-bond acceptors (Lipinski definition) is 6. The van der Waals surface area contributed by atoms with Gasteiger partial charge in [-0.3, -0.25) is 0 Å². The van der Waals surface area contributed by atoms with E-state index in [1.807, 2.05) is 40.7 Å². The lowest BCUT2D eigenvalue weighted by atomic mass is 9.42. The highest BCUT2D eigenvalue weighted by Gasteiger charge is 2.75. The van der Waals surface area contributed by atoms with Gasteiger partial charge in [-0.25, -0.2) is 0 Å². The first-order chi connectivity index (χ1) is 20.5. The third-order valence-electron chi connectivity index (χ3n) is 12.9. The Morgan fingerprint density at radius 1 is 1.02 bits per heavy atom. The number of benzene rings is 1. The predicted molar refractivity (Wildman–Crippen MR) is 168 cm³/mol. The summed E-state index contributed by atoms with van der Waals surface area (Å²) in [5.41, 5.74) is 2.57. The second kappa shape index (κ2) is 8.80. The van der Waals surface area contributed by atoms with Gasteiger partial charge >= 0.3 is 0 Å². The Kier molecular flexibility index (Phi) is 5.85. The van der Waals surface area contributed by atoms with E-state index in [0.717, 1.165) is 24.8 Å². The zero-order valence-corrected chi connectivity index (χ0v) is 27.8. The summed E-state index contributed by atoms with van der Waals surface area (Å²) in [7, 11) is 0. The topological polar surface area (TPSA) is 85.5 Å². The summed E-state index contributed by atoms with van der Waals surface area (Å²) in [4.78, 5) is 3.92. The molecule has 3 saturated heterocycles. The fourth-order valence-electron chi connectivity index (χ4n) is 9.98. The first-order valence-electron chi connectivity index (χ1n) is 16.6. The molecule has 3 aliphatic carbocycles. The van der Waals surface area contributed by atoms with Gasteiger partial charge < -0.3 is 33.8 Å². The lowest BCUT2D eigenvalue weighted by Gasteiger charge is -2.68. The van der Waals surface area contributed by atoms with Crippen molar-refractivity contribution in [2.75, 3.05) is 0 Å². The van der Waals surface area contributed by atoms with Crippen molar-refractivity contribution in [3.8, 4) is 0 Å². The van der Waals surface area contributed by atoms with Crippen LogP contribution in [0.1, 0.15) is 98.4 Å². The average molecular weight is 604 g/mol. The Labute approximate surface area is 261 Å². The van der Waals surface area contributed by atoms with Gasteiger partial charge in [-0.1, -0.05) is 31.6 Å². The van der Waals surface area contributed by atoms with E-state index in [1.165, 1.54) is 27.7 Å². The van der Waals surface area contributed by atoms with Crippen molar-refractivity contribution >= 4 is 10.9 Å². The van der Waals surface area contributed by atoms with Crippen molar-refractivity contribution in [2.45, 2.75) is 147 Å². The first kappa shape index (κ1) is 29.3. The minimum atomic E-state index is -1.19. The molecule has 1 saturated carbocycles. The molecule has 1 aromatic carbocycles. The number of H-pyrrole nitrogens is 1. The molecule has 6 aliphatic rings. The Hall–Kier alpha value is -2.16. The van der Waals surface area contributed by atoms with Crippen LogP contribution in [-0.4, -0.2) is 57.3 Å². The highest BCUT2D eigenvalue weighted by molar-refractivity contribution is 5.89. The number of rotatable bonds is 3. The summed E-state index contributed by atoms with van der Waals surface area (Å²) in [5, 5.41) is 14.6. The van der Waals surface area contributed by atoms with E-state index >= 15 is 0 Å². The van der Waals surface area contributed by atoms with Gasteiger partial charge in [0.2, 0.25) is 6.29 Å². The van der Waals surface area contributed by atoms with E-state index in [9.17, 15) is 5.11 Å². The first-order valence-corrected chi connectivity index (χ1v) is 16.6. The largest absolute Gasteiger partial charge is 0.484 e. The van der Waals surface area contributed by atoms with Crippen molar-refractivity contribution in [1.82, 2.24) is 4.98 Å².